The van der Waals surface area contributed by atoms with Crippen molar-refractivity contribution in [3.05, 3.63) is 40.5 Å². The van der Waals surface area contributed by atoms with Crippen LogP contribution in [0, 0.1) is 6.92 Å². The average molecular weight is 322 g/mol. The van der Waals surface area contributed by atoms with Gasteiger partial charge in [-0.25, -0.2) is 4.98 Å². The molecule has 0 aliphatic heterocycles. The zero-order valence-electron chi connectivity index (χ0n) is 12.5. The summed E-state index contributed by atoms with van der Waals surface area (Å²) in [4.78, 5) is 20.4. The highest BCUT2D eigenvalue weighted by Gasteiger charge is 2.14. The van der Waals surface area contributed by atoms with Gasteiger partial charge in [-0.3, -0.25) is 10.1 Å². The van der Waals surface area contributed by atoms with Gasteiger partial charge in [-0.05, 0) is 19.1 Å². The lowest BCUT2D eigenvalue weighted by Crippen LogP contribution is -2.17. The Hall–Kier alpha value is -2.34. The first-order valence-corrected chi connectivity index (χ1v) is 6.92. The number of hydrogen-bond acceptors (Lipinski definition) is 5. The van der Waals surface area contributed by atoms with Crippen molar-refractivity contribution in [3.63, 3.8) is 0 Å². The van der Waals surface area contributed by atoms with Gasteiger partial charge in [0.15, 0.2) is 0 Å². The number of halogens is 1. The zero-order valence-corrected chi connectivity index (χ0v) is 13.3. The fourth-order valence-corrected chi connectivity index (χ4v) is 2.16. The quantitative estimate of drug-likeness (QED) is 0.916. The van der Waals surface area contributed by atoms with Crippen LogP contribution in [0.4, 0.5) is 5.95 Å². The molecular weight excluding hydrogens is 306 g/mol. The molecule has 0 fully saturated rings. The van der Waals surface area contributed by atoms with Crippen molar-refractivity contribution >= 4 is 23.5 Å². The van der Waals surface area contributed by atoms with Gasteiger partial charge in [0.05, 0.1) is 20.6 Å². The summed E-state index contributed by atoms with van der Waals surface area (Å²) in [7, 11) is 3.03. The molecule has 2 rings (SSSR count). The number of ether oxygens (including phenoxy) is 2. The summed E-state index contributed by atoms with van der Waals surface area (Å²) in [6.45, 7) is 1.79. The van der Waals surface area contributed by atoms with E-state index in [1.807, 2.05) is 0 Å². The summed E-state index contributed by atoms with van der Waals surface area (Å²) in [5.74, 6) is 0.843. The van der Waals surface area contributed by atoms with Crippen LogP contribution in [-0.4, -0.2) is 30.1 Å². The van der Waals surface area contributed by atoms with Gasteiger partial charge in [0.25, 0.3) is 0 Å². The zero-order chi connectivity index (χ0) is 16.1. The molecule has 2 aromatic rings. The van der Waals surface area contributed by atoms with Crippen molar-refractivity contribution in [2.45, 2.75) is 13.3 Å². The molecule has 0 spiro atoms. The number of carbonyl (C=O) groups is 1. The first kappa shape index (κ1) is 16.0. The topological polar surface area (TPSA) is 73.3 Å². The summed E-state index contributed by atoms with van der Waals surface area (Å²) in [6.07, 6.45) is 0.0580. The van der Waals surface area contributed by atoms with Crippen molar-refractivity contribution in [2.24, 2.45) is 0 Å². The highest BCUT2D eigenvalue weighted by atomic mass is 35.5. The minimum absolute atomic E-state index is 0.0580. The molecule has 0 radical (unpaired) electrons. The Morgan fingerprint density at radius 1 is 1.27 bits per heavy atom. The Morgan fingerprint density at radius 2 is 2.05 bits per heavy atom. The summed E-state index contributed by atoms with van der Waals surface area (Å²) < 4.78 is 10.3. The van der Waals surface area contributed by atoms with Crippen LogP contribution in [0.25, 0.3) is 0 Å². The number of aromatic nitrogens is 2. The summed E-state index contributed by atoms with van der Waals surface area (Å²) in [5, 5.41) is 3.10. The molecule has 7 heteroatoms. The Labute approximate surface area is 133 Å². The van der Waals surface area contributed by atoms with Gasteiger partial charge in [-0.15, -0.1) is 0 Å². The van der Waals surface area contributed by atoms with E-state index in [4.69, 9.17) is 21.1 Å². The van der Waals surface area contributed by atoms with Gasteiger partial charge in [0.1, 0.15) is 5.75 Å². The van der Waals surface area contributed by atoms with Crippen LogP contribution < -0.4 is 14.8 Å². The van der Waals surface area contributed by atoms with E-state index in [2.05, 4.69) is 15.3 Å². The Kier molecular flexibility index (Phi) is 5.16. The molecular formula is C15H16ClN3O3. The lowest BCUT2D eigenvalue weighted by molar-refractivity contribution is -0.115. The van der Waals surface area contributed by atoms with Gasteiger partial charge < -0.3 is 9.47 Å². The van der Waals surface area contributed by atoms with Gasteiger partial charge in [-0.1, -0.05) is 17.7 Å². The van der Waals surface area contributed by atoms with Crippen molar-refractivity contribution in [1.29, 1.82) is 0 Å². The number of benzene rings is 1. The molecule has 1 N–H and O–H groups in total. The third kappa shape index (κ3) is 3.85. The molecule has 22 heavy (non-hydrogen) atoms. The number of anilines is 1. The second-order valence-electron chi connectivity index (χ2n) is 4.52. The third-order valence-corrected chi connectivity index (χ3v) is 3.28. The summed E-state index contributed by atoms with van der Waals surface area (Å²) >= 11 is 6.12. The minimum atomic E-state index is -0.293. The number of nitrogens with zero attached hydrogens (tertiary/aromatic N) is 2. The summed E-state index contributed by atoms with van der Waals surface area (Å²) in [6, 6.07) is 6.89. The second kappa shape index (κ2) is 7.09. The largest absolute Gasteiger partial charge is 0.496 e. The van der Waals surface area contributed by atoms with E-state index in [1.54, 1.807) is 31.2 Å². The molecule has 1 heterocycles. The molecule has 1 amide bonds. The Bertz CT molecular complexity index is 692. The van der Waals surface area contributed by atoms with Crippen molar-refractivity contribution in [1.82, 2.24) is 9.97 Å². The van der Waals surface area contributed by atoms with Crippen LogP contribution in [0.1, 0.15) is 11.3 Å². The molecule has 0 aliphatic carbocycles. The van der Waals surface area contributed by atoms with Crippen molar-refractivity contribution < 1.29 is 14.3 Å². The molecule has 0 aliphatic rings. The maximum Gasteiger partial charge on any atom is 0.232 e. The number of carbonyl (C=O) groups excluding carboxylic acids is 1. The van der Waals surface area contributed by atoms with Crippen LogP contribution in [-0.2, 0) is 11.2 Å². The monoisotopic (exact) mass is 321 g/mol. The number of methoxy groups -OCH3 is 2. The first-order chi connectivity index (χ1) is 10.5. The first-order valence-electron chi connectivity index (χ1n) is 6.54. The van der Waals surface area contributed by atoms with Gasteiger partial charge >= 0.3 is 0 Å². The van der Waals surface area contributed by atoms with E-state index < -0.39 is 0 Å². The number of hydrogen-bond donors (Lipinski definition) is 1. The third-order valence-electron chi connectivity index (χ3n) is 2.92. The smallest absolute Gasteiger partial charge is 0.232 e. The number of aryl methyl sites for hydroxylation is 1. The van der Waals surface area contributed by atoms with Crippen molar-refractivity contribution in [3.8, 4) is 11.6 Å². The van der Waals surface area contributed by atoms with Gasteiger partial charge in [-0.2, -0.15) is 4.98 Å². The second-order valence-corrected chi connectivity index (χ2v) is 4.93. The van der Waals surface area contributed by atoms with E-state index in [1.165, 1.54) is 14.2 Å². The van der Waals surface area contributed by atoms with E-state index in [0.29, 0.717) is 27.9 Å². The highest BCUT2D eigenvalue weighted by Crippen LogP contribution is 2.26. The van der Waals surface area contributed by atoms with Crippen LogP contribution in [0.3, 0.4) is 0 Å². The molecule has 1 aromatic carbocycles. The molecule has 0 unspecified atom stereocenters. The molecule has 116 valence electrons. The highest BCUT2D eigenvalue weighted by molar-refractivity contribution is 6.31. The van der Waals surface area contributed by atoms with Crippen LogP contribution >= 0.6 is 11.6 Å². The number of nitrogens with one attached hydrogen (secondary N) is 1. The maximum atomic E-state index is 12.2. The maximum absolute atomic E-state index is 12.2. The van der Waals surface area contributed by atoms with E-state index >= 15 is 0 Å². The van der Waals surface area contributed by atoms with Crippen LogP contribution in [0.15, 0.2) is 24.3 Å². The van der Waals surface area contributed by atoms with E-state index in [0.717, 1.165) is 0 Å². The molecule has 6 nitrogen and oxygen atoms in total. The van der Waals surface area contributed by atoms with Crippen LogP contribution in [0.2, 0.25) is 5.02 Å². The van der Waals surface area contributed by atoms with Crippen molar-refractivity contribution in [2.75, 3.05) is 19.5 Å². The number of amides is 1. The minimum Gasteiger partial charge on any atom is -0.496 e. The molecule has 0 saturated carbocycles. The lowest BCUT2D eigenvalue weighted by Gasteiger charge is -2.10. The Morgan fingerprint density at radius 3 is 2.73 bits per heavy atom. The fraction of sp³-hybridized carbons (Fsp3) is 0.267. The lowest BCUT2D eigenvalue weighted by atomic mass is 10.1. The number of rotatable bonds is 5. The van der Waals surface area contributed by atoms with E-state index in [9.17, 15) is 4.79 Å². The SMILES string of the molecule is COc1cc(C)nc(NC(=O)Cc2c(Cl)cccc2OC)n1. The molecule has 1 aromatic heterocycles. The van der Waals surface area contributed by atoms with Gasteiger partial charge in [0, 0.05) is 22.3 Å². The Balaban J connectivity index is 2.16. The summed E-state index contributed by atoms with van der Waals surface area (Å²) in [5.41, 5.74) is 1.31. The standard InChI is InChI=1S/C15H16ClN3O3/c1-9-7-14(22-3)19-15(17-9)18-13(20)8-10-11(16)5-4-6-12(10)21-2/h4-7H,8H2,1-3H3,(H,17,18,19,20). The fourth-order valence-electron chi connectivity index (χ4n) is 1.93. The average Bonchev–Trinajstić information content (AvgIpc) is 2.48. The van der Waals surface area contributed by atoms with E-state index in [-0.39, 0.29) is 18.3 Å². The molecule has 0 bridgehead atoms. The molecule has 0 saturated heterocycles. The van der Waals surface area contributed by atoms with Crippen LogP contribution in [0.5, 0.6) is 11.6 Å². The normalized spacial score (nSPS) is 10.2. The predicted molar refractivity (Wildman–Crippen MR) is 83.7 cm³/mol. The predicted octanol–water partition coefficient (Wildman–Crippen LogP) is 2.64. The van der Waals surface area contributed by atoms with Gasteiger partial charge in [0.2, 0.25) is 17.7 Å². The molecule has 0 atom stereocenters.